The van der Waals surface area contributed by atoms with Crippen LogP contribution in [-0.2, 0) is 11.3 Å². The van der Waals surface area contributed by atoms with E-state index in [0.29, 0.717) is 11.3 Å². The maximum Gasteiger partial charge on any atom is 0.149 e. The normalized spacial score (nSPS) is 12.4. The number of ether oxygens (including phenoxy) is 1. The number of aromatic nitrogens is 1. The fourth-order valence-electron chi connectivity index (χ4n) is 1.86. The highest BCUT2D eigenvalue weighted by atomic mass is 19.1. The van der Waals surface area contributed by atoms with Crippen molar-refractivity contribution in [2.24, 2.45) is 0 Å². The Labute approximate surface area is 111 Å². The van der Waals surface area contributed by atoms with Crippen molar-refractivity contribution in [1.82, 2.24) is 4.98 Å². The summed E-state index contributed by atoms with van der Waals surface area (Å²) in [5, 5.41) is 9.05. The summed E-state index contributed by atoms with van der Waals surface area (Å²) in [4.78, 5) is 3.80. The predicted octanol–water partition coefficient (Wildman–Crippen LogP) is 3.09. The minimum Gasteiger partial charge on any atom is -0.390 e. The Bertz CT molecular complexity index is 555. The molecular formula is C15H16FNO2. The van der Waals surface area contributed by atoms with Gasteiger partial charge in [0, 0.05) is 12.7 Å². The predicted molar refractivity (Wildman–Crippen MR) is 71.0 cm³/mol. The summed E-state index contributed by atoms with van der Waals surface area (Å²) >= 11 is 0. The second-order valence-electron chi connectivity index (χ2n) is 4.31. The molecule has 1 N–H and O–H groups in total. The van der Waals surface area contributed by atoms with Crippen molar-refractivity contribution < 1.29 is 14.2 Å². The number of aliphatic hydroxyl groups is 1. The number of benzene rings is 1. The van der Waals surface area contributed by atoms with Gasteiger partial charge in [0.1, 0.15) is 5.82 Å². The van der Waals surface area contributed by atoms with Crippen molar-refractivity contribution in [1.29, 1.82) is 0 Å². The van der Waals surface area contributed by atoms with E-state index in [1.807, 2.05) is 31.2 Å². The number of nitrogens with zero attached hydrogens (tertiary/aromatic N) is 1. The van der Waals surface area contributed by atoms with E-state index in [0.717, 1.165) is 17.3 Å². The summed E-state index contributed by atoms with van der Waals surface area (Å²) in [7, 11) is 1.65. The average molecular weight is 261 g/mol. The molecule has 2 aromatic rings. The van der Waals surface area contributed by atoms with E-state index in [2.05, 4.69) is 4.98 Å². The molecule has 2 rings (SSSR count). The molecule has 1 aromatic carbocycles. The van der Waals surface area contributed by atoms with E-state index in [1.54, 1.807) is 13.2 Å². The number of aliphatic hydroxyl groups excluding tert-OH is 1. The largest absolute Gasteiger partial charge is 0.390 e. The summed E-state index contributed by atoms with van der Waals surface area (Å²) in [5.41, 5.74) is 2.67. The first kappa shape index (κ1) is 13.6. The Balaban J connectivity index is 2.36. The molecule has 1 atom stereocenters. The van der Waals surface area contributed by atoms with Gasteiger partial charge in [-0.1, -0.05) is 24.3 Å². The average Bonchev–Trinajstić information content (AvgIpc) is 2.47. The van der Waals surface area contributed by atoms with Crippen molar-refractivity contribution >= 4 is 0 Å². The lowest BCUT2D eigenvalue weighted by atomic mass is 10.0. The van der Waals surface area contributed by atoms with Gasteiger partial charge in [0.05, 0.1) is 24.6 Å². The van der Waals surface area contributed by atoms with E-state index >= 15 is 0 Å². The van der Waals surface area contributed by atoms with E-state index in [9.17, 15) is 4.39 Å². The van der Waals surface area contributed by atoms with Gasteiger partial charge in [0.2, 0.25) is 0 Å². The first-order chi connectivity index (χ1) is 9.15. The molecular weight excluding hydrogens is 245 g/mol. The highest BCUT2D eigenvalue weighted by molar-refractivity contribution is 5.64. The van der Waals surface area contributed by atoms with Gasteiger partial charge in [-0.25, -0.2) is 4.39 Å². The van der Waals surface area contributed by atoms with E-state index in [-0.39, 0.29) is 12.7 Å². The van der Waals surface area contributed by atoms with E-state index in [1.165, 1.54) is 0 Å². The number of rotatable bonds is 4. The molecule has 0 amide bonds. The van der Waals surface area contributed by atoms with Crippen LogP contribution in [0.3, 0.4) is 0 Å². The molecule has 0 fully saturated rings. The van der Waals surface area contributed by atoms with Gasteiger partial charge < -0.3 is 9.84 Å². The summed E-state index contributed by atoms with van der Waals surface area (Å²) in [6.07, 6.45) is 1.14. The van der Waals surface area contributed by atoms with Crippen molar-refractivity contribution in [3.05, 3.63) is 53.6 Å². The van der Waals surface area contributed by atoms with Gasteiger partial charge in [-0.15, -0.1) is 0 Å². The number of methoxy groups -OCH3 is 1. The van der Waals surface area contributed by atoms with Crippen LogP contribution in [0, 0.1) is 5.82 Å². The molecule has 0 unspecified atom stereocenters. The van der Waals surface area contributed by atoms with Crippen LogP contribution in [0.5, 0.6) is 0 Å². The summed E-state index contributed by atoms with van der Waals surface area (Å²) < 4.78 is 19.0. The first-order valence-corrected chi connectivity index (χ1v) is 6.04. The quantitative estimate of drug-likeness (QED) is 0.919. The van der Waals surface area contributed by atoms with Crippen LogP contribution in [0.1, 0.15) is 24.3 Å². The van der Waals surface area contributed by atoms with Crippen molar-refractivity contribution in [2.45, 2.75) is 19.6 Å². The molecule has 19 heavy (non-hydrogen) atoms. The Morgan fingerprint density at radius 2 is 2.00 bits per heavy atom. The number of halogens is 1. The molecule has 0 spiro atoms. The molecule has 0 saturated heterocycles. The molecule has 100 valence electrons. The molecule has 0 bridgehead atoms. The SMILES string of the molecule is CO[C@@H](C)c1ccc(-c2cc(CO)ncc2F)cc1. The van der Waals surface area contributed by atoms with Gasteiger partial charge in [-0.05, 0) is 24.1 Å². The highest BCUT2D eigenvalue weighted by Gasteiger charge is 2.09. The third-order valence-corrected chi connectivity index (χ3v) is 3.12. The zero-order valence-corrected chi connectivity index (χ0v) is 10.9. The zero-order valence-electron chi connectivity index (χ0n) is 10.9. The summed E-state index contributed by atoms with van der Waals surface area (Å²) in [6.45, 7) is 1.75. The molecule has 1 aromatic heterocycles. The van der Waals surface area contributed by atoms with Gasteiger partial charge in [0.15, 0.2) is 0 Å². The van der Waals surface area contributed by atoms with Crippen LogP contribution < -0.4 is 0 Å². The smallest absolute Gasteiger partial charge is 0.149 e. The van der Waals surface area contributed by atoms with E-state index in [4.69, 9.17) is 9.84 Å². The van der Waals surface area contributed by atoms with Crippen molar-refractivity contribution in [3.63, 3.8) is 0 Å². The summed E-state index contributed by atoms with van der Waals surface area (Å²) in [6, 6.07) is 9.04. The minimum absolute atomic E-state index is 0.00402. The van der Waals surface area contributed by atoms with Crippen molar-refractivity contribution in [3.8, 4) is 11.1 Å². The van der Waals surface area contributed by atoms with Crippen LogP contribution in [0.2, 0.25) is 0 Å². The molecule has 1 heterocycles. The van der Waals surface area contributed by atoms with Crippen LogP contribution in [0.15, 0.2) is 36.5 Å². The topological polar surface area (TPSA) is 42.4 Å². The Kier molecular flexibility index (Phi) is 4.24. The lowest BCUT2D eigenvalue weighted by molar-refractivity contribution is 0.119. The second kappa shape index (κ2) is 5.91. The number of pyridine rings is 1. The van der Waals surface area contributed by atoms with Gasteiger partial charge >= 0.3 is 0 Å². The van der Waals surface area contributed by atoms with Crippen LogP contribution >= 0.6 is 0 Å². The molecule has 0 aliphatic heterocycles. The second-order valence-corrected chi connectivity index (χ2v) is 4.31. The third-order valence-electron chi connectivity index (χ3n) is 3.12. The molecule has 4 heteroatoms. The van der Waals surface area contributed by atoms with E-state index < -0.39 is 5.82 Å². The number of hydrogen-bond donors (Lipinski definition) is 1. The molecule has 0 aliphatic carbocycles. The Morgan fingerprint density at radius 3 is 2.58 bits per heavy atom. The monoisotopic (exact) mass is 261 g/mol. The zero-order chi connectivity index (χ0) is 13.8. The maximum absolute atomic E-state index is 13.7. The lowest BCUT2D eigenvalue weighted by Crippen LogP contribution is -1.96. The first-order valence-electron chi connectivity index (χ1n) is 6.04. The summed E-state index contributed by atoms with van der Waals surface area (Å²) in [5.74, 6) is -0.398. The minimum atomic E-state index is -0.398. The maximum atomic E-state index is 13.7. The van der Waals surface area contributed by atoms with Gasteiger partial charge in [-0.2, -0.15) is 0 Å². The Hall–Kier alpha value is -1.78. The fraction of sp³-hybridized carbons (Fsp3) is 0.267. The molecule has 3 nitrogen and oxygen atoms in total. The van der Waals surface area contributed by atoms with Crippen molar-refractivity contribution in [2.75, 3.05) is 7.11 Å². The van der Waals surface area contributed by atoms with Gasteiger partial charge in [0.25, 0.3) is 0 Å². The van der Waals surface area contributed by atoms with Crippen LogP contribution in [0.25, 0.3) is 11.1 Å². The third kappa shape index (κ3) is 2.97. The Morgan fingerprint density at radius 1 is 1.32 bits per heavy atom. The number of hydrogen-bond acceptors (Lipinski definition) is 3. The standard InChI is InChI=1S/C15H16FNO2/c1-10(19-2)11-3-5-12(6-4-11)14-7-13(9-18)17-8-15(14)16/h3-8,10,18H,9H2,1-2H3/t10-/m0/s1. The van der Waals surface area contributed by atoms with Crippen LogP contribution in [0.4, 0.5) is 4.39 Å². The molecule has 0 aliphatic rings. The molecule has 0 radical (unpaired) electrons. The van der Waals surface area contributed by atoms with Crippen LogP contribution in [-0.4, -0.2) is 17.2 Å². The highest BCUT2D eigenvalue weighted by Crippen LogP contribution is 2.25. The lowest BCUT2D eigenvalue weighted by Gasteiger charge is -2.11. The van der Waals surface area contributed by atoms with Gasteiger partial charge in [-0.3, -0.25) is 4.98 Å². The molecule has 0 saturated carbocycles. The fourth-order valence-corrected chi connectivity index (χ4v) is 1.86.